The second-order valence-corrected chi connectivity index (χ2v) is 6.71. The molecule has 0 aromatic heterocycles. The average molecular weight is 287 g/mol. The maximum atomic E-state index is 5.70. The van der Waals surface area contributed by atoms with Crippen LogP contribution in [0.15, 0.2) is 24.3 Å². The molecule has 3 rings (SSSR count). The molecular weight excluding hydrogens is 258 g/mol. The molecule has 2 aliphatic rings. The molecule has 1 saturated carbocycles. The van der Waals surface area contributed by atoms with Gasteiger partial charge in [0.25, 0.3) is 0 Å². The maximum Gasteiger partial charge on any atom is 0.0368 e. The van der Waals surface area contributed by atoms with E-state index in [0.717, 1.165) is 12.1 Å². The maximum absolute atomic E-state index is 5.70. The van der Waals surface area contributed by atoms with E-state index in [1.54, 1.807) is 0 Å². The quantitative estimate of drug-likeness (QED) is 0.873. The van der Waals surface area contributed by atoms with Gasteiger partial charge in [-0.1, -0.05) is 18.6 Å². The molecule has 0 radical (unpaired) electrons. The Hall–Kier alpha value is -1.06. The van der Waals surface area contributed by atoms with Crippen molar-refractivity contribution >= 4 is 5.69 Å². The summed E-state index contributed by atoms with van der Waals surface area (Å²) >= 11 is 0. The first-order valence-electron chi connectivity index (χ1n) is 8.54. The second-order valence-electron chi connectivity index (χ2n) is 6.71. The third kappa shape index (κ3) is 3.78. The van der Waals surface area contributed by atoms with Crippen LogP contribution in [-0.4, -0.2) is 37.1 Å². The van der Waals surface area contributed by atoms with Gasteiger partial charge in [-0.25, -0.2) is 0 Å². The summed E-state index contributed by atoms with van der Waals surface area (Å²) in [7, 11) is 2.29. The van der Waals surface area contributed by atoms with Crippen LogP contribution in [0.3, 0.4) is 0 Å². The Morgan fingerprint density at radius 1 is 1.14 bits per heavy atom. The van der Waals surface area contributed by atoms with E-state index in [4.69, 9.17) is 5.73 Å². The van der Waals surface area contributed by atoms with Gasteiger partial charge in [0.2, 0.25) is 0 Å². The van der Waals surface area contributed by atoms with Gasteiger partial charge in [-0.05, 0) is 63.4 Å². The van der Waals surface area contributed by atoms with Gasteiger partial charge < -0.3 is 15.5 Å². The number of rotatable bonds is 6. The molecule has 1 unspecified atom stereocenters. The van der Waals surface area contributed by atoms with E-state index in [0.29, 0.717) is 6.54 Å². The number of nitrogens with zero attached hydrogens (tertiary/aromatic N) is 2. The van der Waals surface area contributed by atoms with Crippen molar-refractivity contribution in [3.63, 3.8) is 0 Å². The van der Waals surface area contributed by atoms with Crippen LogP contribution in [0.4, 0.5) is 5.69 Å². The lowest BCUT2D eigenvalue weighted by atomic mass is 10.00. The van der Waals surface area contributed by atoms with Crippen LogP contribution in [0, 0.1) is 0 Å². The monoisotopic (exact) mass is 287 g/mol. The summed E-state index contributed by atoms with van der Waals surface area (Å²) in [6, 6.07) is 10.4. The normalized spacial score (nSPS) is 23.2. The van der Waals surface area contributed by atoms with Gasteiger partial charge in [-0.15, -0.1) is 0 Å². The molecule has 0 amide bonds. The molecule has 21 heavy (non-hydrogen) atoms. The van der Waals surface area contributed by atoms with Gasteiger partial charge in [0.15, 0.2) is 0 Å². The molecule has 1 aliphatic carbocycles. The zero-order chi connectivity index (χ0) is 14.7. The number of piperidine rings is 1. The van der Waals surface area contributed by atoms with Crippen LogP contribution < -0.4 is 10.6 Å². The number of hydrogen-bond donors (Lipinski definition) is 1. The molecule has 1 aromatic carbocycles. The second kappa shape index (κ2) is 6.80. The van der Waals surface area contributed by atoms with Crippen LogP contribution in [0.1, 0.15) is 44.1 Å². The van der Waals surface area contributed by atoms with E-state index in [1.165, 1.54) is 62.9 Å². The summed E-state index contributed by atoms with van der Waals surface area (Å²) < 4.78 is 0. The molecule has 116 valence electrons. The zero-order valence-corrected chi connectivity index (χ0v) is 13.3. The number of likely N-dealkylation sites (tertiary alicyclic amines) is 1. The van der Waals surface area contributed by atoms with Crippen molar-refractivity contribution < 1.29 is 0 Å². The van der Waals surface area contributed by atoms with Gasteiger partial charge >= 0.3 is 0 Å². The number of anilines is 1. The SMILES string of the molecule is CN1CCCCC1CCN(c1ccc(CN)cc1)C1CC1. The van der Waals surface area contributed by atoms with Gasteiger partial charge in [-0.2, -0.15) is 0 Å². The predicted molar refractivity (Wildman–Crippen MR) is 89.6 cm³/mol. The molecule has 2 N–H and O–H groups in total. The van der Waals surface area contributed by atoms with E-state index < -0.39 is 0 Å². The van der Waals surface area contributed by atoms with Crippen LogP contribution >= 0.6 is 0 Å². The molecule has 1 aromatic rings. The highest BCUT2D eigenvalue weighted by atomic mass is 15.2. The van der Waals surface area contributed by atoms with Gasteiger partial charge in [0, 0.05) is 30.9 Å². The van der Waals surface area contributed by atoms with Crippen molar-refractivity contribution in [2.75, 3.05) is 25.0 Å². The Kier molecular flexibility index (Phi) is 4.81. The van der Waals surface area contributed by atoms with Crippen molar-refractivity contribution in [2.24, 2.45) is 5.73 Å². The summed E-state index contributed by atoms with van der Waals surface area (Å²) in [5, 5.41) is 0. The van der Waals surface area contributed by atoms with Crippen molar-refractivity contribution in [1.82, 2.24) is 4.90 Å². The van der Waals surface area contributed by atoms with E-state index in [9.17, 15) is 0 Å². The smallest absolute Gasteiger partial charge is 0.0368 e. The third-order valence-corrected chi connectivity index (χ3v) is 5.12. The lowest BCUT2D eigenvalue weighted by Crippen LogP contribution is -2.39. The van der Waals surface area contributed by atoms with E-state index >= 15 is 0 Å². The Labute approximate surface area is 129 Å². The number of nitrogens with two attached hydrogens (primary N) is 1. The lowest BCUT2D eigenvalue weighted by Gasteiger charge is -2.35. The van der Waals surface area contributed by atoms with E-state index in [1.807, 2.05) is 0 Å². The summed E-state index contributed by atoms with van der Waals surface area (Å²) in [6.45, 7) is 3.11. The first-order valence-corrected chi connectivity index (χ1v) is 8.54. The van der Waals surface area contributed by atoms with Crippen LogP contribution in [0.5, 0.6) is 0 Å². The number of benzene rings is 1. The fraction of sp³-hybridized carbons (Fsp3) is 0.667. The third-order valence-electron chi connectivity index (χ3n) is 5.12. The Balaban J connectivity index is 1.61. The lowest BCUT2D eigenvalue weighted by molar-refractivity contribution is 0.177. The van der Waals surface area contributed by atoms with Gasteiger partial charge in [-0.3, -0.25) is 0 Å². The van der Waals surface area contributed by atoms with Crippen molar-refractivity contribution in [3.05, 3.63) is 29.8 Å². The van der Waals surface area contributed by atoms with E-state index in [-0.39, 0.29) is 0 Å². The minimum Gasteiger partial charge on any atom is -0.368 e. The molecule has 1 atom stereocenters. The Morgan fingerprint density at radius 2 is 1.90 bits per heavy atom. The standard InChI is InChI=1S/C18H29N3/c1-20-12-3-2-4-16(20)11-13-21(18-9-10-18)17-7-5-15(14-19)6-8-17/h5-8,16,18H,2-4,9-14,19H2,1H3. The fourth-order valence-electron chi connectivity index (χ4n) is 3.53. The summed E-state index contributed by atoms with van der Waals surface area (Å²) in [5.74, 6) is 0. The summed E-state index contributed by atoms with van der Waals surface area (Å²) in [5.41, 5.74) is 8.31. The molecule has 3 heteroatoms. The first-order chi connectivity index (χ1) is 10.3. The first kappa shape index (κ1) is 14.9. The molecule has 0 spiro atoms. The predicted octanol–water partition coefficient (Wildman–Crippen LogP) is 2.99. The molecule has 2 fully saturated rings. The Morgan fingerprint density at radius 3 is 2.52 bits per heavy atom. The topological polar surface area (TPSA) is 32.5 Å². The molecular formula is C18H29N3. The highest BCUT2D eigenvalue weighted by Gasteiger charge is 2.30. The summed E-state index contributed by atoms with van der Waals surface area (Å²) in [6.07, 6.45) is 8.18. The van der Waals surface area contributed by atoms with Crippen molar-refractivity contribution in [1.29, 1.82) is 0 Å². The minimum absolute atomic E-state index is 0.635. The van der Waals surface area contributed by atoms with Crippen molar-refractivity contribution in [3.8, 4) is 0 Å². The Bertz CT molecular complexity index is 438. The van der Waals surface area contributed by atoms with Crippen LogP contribution in [-0.2, 0) is 6.54 Å². The summed E-state index contributed by atoms with van der Waals surface area (Å²) in [4.78, 5) is 5.19. The van der Waals surface area contributed by atoms with Gasteiger partial charge in [0.05, 0.1) is 0 Å². The molecule has 3 nitrogen and oxygen atoms in total. The largest absolute Gasteiger partial charge is 0.368 e. The highest BCUT2D eigenvalue weighted by molar-refractivity contribution is 5.49. The number of hydrogen-bond acceptors (Lipinski definition) is 3. The van der Waals surface area contributed by atoms with Crippen LogP contribution in [0.2, 0.25) is 0 Å². The fourth-order valence-corrected chi connectivity index (χ4v) is 3.53. The highest BCUT2D eigenvalue weighted by Crippen LogP contribution is 2.32. The van der Waals surface area contributed by atoms with Crippen LogP contribution in [0.25, 0.3) is 0 Å². The molecule has 0 bridgehead atoms. The minimum atomic E-state index is 0.635. The molecule has 1 aliphatic heterocycles. The molecule has 1 heterocycles. The average Bonchev–Trinajstić information content (AvgIpc) is 3.35. The molecule has 1 saturated heterocycles. The van der Waals surface area contributed by atoms with E-state index in [2.05, 4.69) is 41.1 Å². The van der Waals surface area contributed by atoms with Gasteiger partial charge in [0.1, 0.15) is 0 Å². The zero-order valence-electron chi connectivity index (χ0n) is 13.3. The van der Waals surface area contributed by atoms with Crippen molar-refractivity contribution in [2.45, 2.75) is 57.2 Å².